The van der Waals surface area contributed by atoms with Crippen LogP contribution in [-0.4, -0.2) is 55.2 Å². The van der Waals surface area contributed by atoms with E-state index < -0.39 is 0 Å². The summed E-state index contributed by atoms with van der Waals surface area (Å²) in [6, 6.07) is 4.06. The first-order chi connectivity index (χ1) is 9.76. The summed E-state index contributed by atoms with van der Waals surface area (Å²) < 4.78 is 0. The van der Waals surface area contributed by atoms with Crippen molar-refractivity contribution in [1.29, 1.82) is 0 Å². The molecule has 0 fully saturated rings. The maximum Gasteiger partial charge on any atom is 0.236 e. The van der Waals surface area contributed by atoms with Crippen LogP contribution in [-0.2, 0) is 4.79 Å². The van der Waals surface area contributed by atoms with Crippen molar-refractivity contribution >= 4 is 11.7 Å². The summed E-state index contributed by atoms with van der Waals surface area (Å²) in [4.78, 5) is 27.8. The van der Waals surface area contributed by atoms with Crippen LogP contribution in [0.2, 0.25) is 0 Å². The first-order valence-electron chi connectivity index (χ1n) is 7.29. The Kier molecular flexibility index (Phi) is 6.09. The minimum atomic E-state index is 0.0157. The molecule has 0 aromatic heterocycles. The van der Waals surface area contributed by atoms with Crippen LogP contribution in [0.3, 0.4) is 0 Å². The lowest BCUT2D eigenvalue weighted by Gasteiger charge is -2.22. The lowest BCUT2D eigenvalue weighted by molar-refractivity contribution is -0.129. The summed E-state index contributed by atoms with van der Waals surface area (Å²) in [5.74, 6) is 0.0976. The molecule has 0 bridgehead atoms. The van der Waals surface area contributed by atoms with E-state index in [2.05, 4.69) is 0 Å². The molecule has 116 valence electrons. The lowest BCUT2D eigenvalue weighted by Crippen LogP contribution is -2.39. The lowest BCUT2D eigenvalue weighted by atomic mass is 9.96. The monoisotopic (exact) mass is 290 g/mol. The minimum absolute atomic E-state index is 0.0157. The van der Waals surface area contributed by atoms with Crippen LogP contribution in [0.1, 0.15) is 34.0 Å². The van der Waals surface area contributed by atoms with E-state index in [0.29, 0.717) is 6.54 Å². The van der Waals surface area contributed by atoms with Crippen molar-refractivity contribution in [2.24, 2.45) is 0 Å². The molecule has 0 radical (unpaired) electrons. The van der Waals surface area contributed by atoms with Crippen molar-refractivity contribution in [2.75, 3.05) is 33.7 Å². The van der Waals surface area contributed by atoms with Crippen molar-refractivity contribution in [2.45, 2.75) is 27.7 Å². The molecule has 0 aliphatic carbocycles. The predicted molar refractivity (Wildman–Crippen MR) is 85.8 cm³/mol. The molecular weight excluding hydrogens is 264 g/mol. The normalized spacial score (nSPS) is 10.8. The van der Waals surface area contributed by atoms with Gasteiger partial charge in [-0.1, -0.05) is 24.6 Å². The van der Waals surface area contributed by atoms with Crippen LogP contribution in [0, 0.1) is 20.8 Å². The van der Waals surface area contributed by atoms with Crippen LogP contribution in [0.25, 0.3) is 0 Å². The van der Waals surface area contributed by atoms with E-state index in [9.17, 15) is 9.59 Å². The molecule has 0 saturated heterocycles. The third kappa shape index (κ3) is 4.67. The number of ketones is 1. The highest BCUT2D eigenvalue weighted by atomic mass is 16.2. The zero-order valence-electron chi connectivity index (χ0n) is 14.0. The Bertz CT molecular complexity index is 513. The highest BCUT2D eigenvalue weighted by molar-refractivity contribution is 6.00. The molecule has 1 amide bonds. The standard InChI is InChI=1S/C17H26N2O2/c1-7-19(11-16(21)18(5)6)10-15(20)17-13(3)8-12(2)9-14(17)4/h8-9H,7,10-11H2,1-6H3. The number of benzene rings is 1. The van der Waals surface area contributed by atoms with Gasteiger partial charge >= 0.3 is 0 Å². The fraction of sp³-hybridized carbons (Fsp3) is 0.529. The Balaban J connectivity index is 2.87. The Morgan fingerprint density at radius 3 is 1.95 bits per heavy atom. The number of carbonyl (C=O) groups is 2. The number of rotatable bonds is 6. The average molecular weight is 290 g/mol. The Labute approximate surface area is 127 Å². The van der Waals surface area contributed by atoms with Gasteiger partial charge in [-0.25, -0.2) is 0 Å². The Morgan fingerprint density at radius 2 is 1.52 bits per heavy atom. The van der Waals surface area contributed by atoms with Gasteiger partial charge in [-0.3, -0.25) is 14.5 Å². The van der Waals surface area contributed by atoms with Gasteiger partial charge in [0.2, 0.25) is 5.91 Å². The fourth-order valence-corrected chi connectivity index (χ4v) is 2.51. The summed E-state index contributed by atoms with van der Waals surface area (Å²) in [5, 5.41) is 0. The molecule has 0 spiro atoms. The molecule has 4 heteroatoms. The van der Waals surface area contributed by atoms with Gasteiger partial charge in [-0.2, -0.15) is 0 Å². The van der Waals surface area contributed by atoms with Crippen molar-refractivity contribution in [3.8, 4) is 0 Å². The van der Waals surface area contributed by atoms with Gasteiger partial charge in [-0.15, -0.1) is 0 Å². The van der Waals surface area contributed by atoms with Crippen LogP contribution in [0.5, 0.6) is 0 Å². The summed E-state index contributed by atoms with van der Waals surface area (Å²) in [6.45, 7) is 9.16. The van der Waals surface area contributed by atoms with Gasteiger partial charge in [0.15, 0.2) is 5.78 Å². The number of likely N-dealkylation sites (N-methyl/N-ethyl adjacent to an activating group) is 2. The van der Waals surface area contributed by atoms with Crippen LogP contribution >= 0.6 is 0 Å². The second-order valence-corrected chi connectivity index (χ2v) is 5.79. The Morgan fingerprint density at radius 1 is 1.00 bits per heavy atom. The van der Waals surface area contributed by atoms with Gasteiger partial charge in [0.25, 0.3) is 0 Å². The minimum Gasteiger partial charge on any atom is -0.348 e. The highest BCUT2D eigenvalue weighted by Crippen LogP contribution is 2.17. The molecule has 0 atom stereocenters. The summed E-state index contributed by atoms with van der Waals surface area (Å²) in [7, 11) is 3.46. The first kappa shape index (κ1) is 17.4. The molecular formula is C17H26N2O2. The maximum absolute atomic E-state index is 12.6. The molecule has 1 rings (SSSR count). The number of hydrogen-bond donors (Lipinski definition) is 0. The van der Waals surface area contributed by atoms with Crippen molar-refractivity contribution < 1.29 is 9.59 Å². The molecule has 0 heterocycles. The van der Waals surface area contributed by atoms with Crippen molar-refractivity contribution in [3.63, 3.8) is 0 Å². The number of nitrogens with zero attached hydrogens (tertiary/aromatic N) is 2. The molecule has 21 heavy (non-hydrogen) atoms. The largest absolute Gasteiger partial charge is 0.348 e. The van der Waals surface area contributed by atoms with Gasteiger partial charge in [-0.05, 0) is 38.4 Å². The van der Waals surface area contributed by atoms with Crippen LogP contribution < -0.4 is 0 Å². The maximum atomic E-state index is 12.6. The second kappa shape index (κ2) is 7.36. The van der Waals surface area contributed by atoms with Crippen molar-refractivity contribution in [3.05, 3.63) is 34.4 Å². The topological polar surface area (TPSA) is 40.6 Å². The summed E-state index contributed by atoms with van der Waals surface area (Å²) >= 11 is 0. The number of hydrogen-bond acceptors (Lipinski definition) is 3. The zero-order chi connectivity index (χ0) is 16.2. The average Bonchev–Trinajstić information content (AvgIpc) is 2.36. The molecule has 1 aromatic carbocycles. The molecule has 0 saturated carbocycles. The van der Waals surface area contributed by atoms with Crippen LogP contribution in [0.4, 0.5) is 0 Å². The number of carbonyl (C=O) groups excluding carboxylic acids is 2. The third-order valence-electron chi connectivity index (χ3n) is 3.63. The van der Waals surface area contributed by atoms with E-state index >= 15 is 0 Å². The fourth-order valence-electron chi connectivity index (χ4n) is 2.51. The number of aryl methyl sites for hydroxylation is 3. The predicted octanol–water partition coefficient (Wildman–Crippen LogP) is 2.20. The molecule has 0 aliphatic heterocycles. The smallest absolute Gasteiger partial charge is 0.236 e. The quantitative estimate of drug-likeness (QED) is 0.754. The van der Waals surface area contributed by atoms with Crippen molar-refractivity contribution in [1.82, 2.24) is 9.80 Å². The van der Waals surface area contributed by atoms with E-state index in [1.54, 1.807) is 19.0 Å². The second-order valence-electron chi connectivity index (χ2n) is 5.79. The number of Topliss-reactive ketones (excluding diaryl/α,β-unsaturated/α-hetero) is 1. The van der Waals surface area contributed by atoms with Gasteiger partial charge in [0.1, 0.15) is 0 Å². The summed E-state index contributed by atoms with van der Waals surface area (Å²) in [5.41, 5.74) is 3.97. The molecule has 0 N–H and O–H groups in total. The van der Waals surface area contributed by atoms with E-state index in [-0.39, 0.29) is 24.8 Å². The zero-order valence-corrected chi connectivity index (χ0v) is 14.0. The molecule has 4 nitrogen and oxygen atoms in total. The Hall–Kier alpha value is -1.68. The third-order valence-corrected chi connectivity index (χ3v) is 3.63. The van der Waals surface area contributed by atoms with E-state index in [1.807, 2.05) is 44.7 Å². The molecule has 0 aliphatic rings. The van der Waals surface area contributed by atoms with Crippen LogP contribution in [0.15, 0.2) is 12.1 Å². The first-order valence-corrected chi connectivity index (χ1v) is 7.29. The molecule has 0 unspecified atom stereocenters. The van der Waals surface area contributed by atoms with Gasteiger partial charge < -0.3 is 4.90 Å². The highest BCUT2D eigenvalue weighted by Gasteiger charge is 2.18. The van der Waals surface area contributed by atoms with Gasteiger partial charge in [0, 0.05) is 19.7 Å². The summed E-state index contributed by atoms with van der Waals surface area (Å²) in [6.07, 6.45) is 0. The number of amides is 1. The van der Waals surface area contributed by atoms with E-state index in [1.165, 1.54) is 0 Å². The van der Waals surface area contributed by atoms with E-state index in [4.69, 9.17) is 0 Å². The SMILES string of the molecule is CCN(CC(=O)c1c(C)cc(C)cc1C)CC(=O)N(C)C. The van der Waals surface area contributed by atoms with E-state index in [0.717, 1.165) is 22.3 Å². The van der Waals surface area contributed by atoms with Gasteiger partial charge in [0.05, 0.1) is 13.1 Å². The molecule has 1 aromatic rings.